The average molecular weight is 444 g/mol. The van der Waals surface area contributed by atoms with Crippen LogP contribution in [0.1, 0.15) is 34.3 Å². The second-order valence-electron chi connectivity index (χ2n) is 8.42. The molecule has 2 heterocycles. The van der Waals surface area contributed by atoms with E-state index in [0.29, 0.717) is 30.9 Å². The molecule has 1 aliphatic heterocycles. The summed E-state index contributed by atoms with van der Waals surface area (Å²) in [6.07, 6.45) is 3.28. The number of aromatic nitrogens is 1. The Bertz CT molecular complexity index is 1110. The van der Waals surface area contributed by atoms with E-state index in [-0.39, 0.29) is 17.7 Å². The number of benzene rings is 2. The molecule has 1 saturated heterocycles. The molecule has 1 fully saturated rings. The van der Waals surface area contributed by atoms with Crippen molar-refractivity contribution < 1.29 is 14.3 Å². The monoisotopic (exact) mass is 443 g/mol. The zero-order chi connectivity index (χ0) is 23.2. The fourth-order valence-corrected chi connectivity index (χ4v) is 4.14. The van der Waals surface area contributed by atoms with Crippen molar-refractivity contribution in [3.63, 3.8) is 0 Å². The van der Waals surface area contributed by atoms with Crippen LogP contribution in [-0.4, -0.2) is 41.9 Å². The maximum absolute atomic E-state index is 13.4. The van der Waals surface area contributed by atoms with E-state index >= 15 is 0 Å². The van der Waals surface area contributed by atoms with E-state index < -0.39 is 0 Å². The van der Waals surface area contributed by atoms with Gasteiger partial charge in [-0.05, 0) is 49.6 Å². The lowest BCUT2D eigenvalue weighted by atomic mass is 9.95. The van der Waals surface area contributed by atoms with Gasteiger partial charge in [-0.25, -0.2) is 0 Å². The standard InChI is InChI=1S/C27H29N3O3/c1-19-7-11-21(12-8-19)25-24(6-3-15-28-25)27(32)30-16-4-5-22(18-30)26(31)29-17-20-9-13-23(33-2)14-10-20/h3,6-15,22H,4-5,16-18H2,1-2H3,(H,29,31)/t22-/m0/s1. The molecule has 2 amide bonds. The molecule has 0 saturated carbocycles. The van der Waals surface area contributed by atoms with Crippen molar-refractivity contribution >= 4 is 11.8 Å². The Morgan fingerprint density at radius 1 is 1.09 bits per heavy atom. The first-order valence-electron chi connectivity index (χ1n) is 11.3. The Morgan fingerprint density at radius 3 is 2.58 bits per heavy atom. The van der Waals surface area contributed by atoms with Gasteiger partial charge < -0.3 is 15.0 Å². The van der Waals surface area contributed by atoms with Gasteiger partial charge in [-0.1, -0.05) is 42.0 Å². The van der Waals surface area contributed by atoms with Gasteiger partial charge in [0.25, 0.3) is 5.91 Å². The highest BCUT2D eigenvalue weighted by Crippen LogP contribution is 2.25. The summed E-state index contributed by atoms with van der Waals surface area (Å²) in [5.41, 5.74) is 4.32. The van der Waals surface area contributed by atoms with E-state index in [4.69, 9.17) is 4.74 Å². The van der Waals surface area contributed by atoms with Crippen molar-refractivity contribution in [3.05, 3.63) is 83.6 Å². The molecule has 0 radical (unpaired) electrons. The van der Waals surface area contributed by atoms with Gasteiger partial charge in [-0.2, -0.15) is 0 Å². The number of hydrogen-bond donors (Lipinski definition) is 1. The van der Waals surface area contributed by atoms with E-state index in [1.54, 1.807) is 24.3 Å². The molecular weight excluding hydrogens is 414 g/mol. The number of piperidine rings is 1. The molecule has 0 spiro atoms. The van der Waals surface area contributed by atoms with Gasteiger partial charge in [-0.15, -0.1) is 0 Å². The molecule has 33 heavy (non-hydrogen) atoms. The van der Waals surface area contributed by atoms with Gasteiger partial charge in [0.05, 0.1) is 24.3 Å². The molecule has 1 N–H and O–H groups in total. The third-order valence-electron chi connectivity index (χ3n) is 6.07. The highest BCUT2D eigenvalue weighted by molar-refractivity contribution is 6.00. The summed E-state index contributed by atoms with van der Waals surface area (Å²) in [6, 6.07) is 19.2. The minimum absolute atomic E-state index is 0.0201. The van der Waals surface area contributed by atoms with Crippen molar-refractivity contribution in [1.82, 2.24) is 15.2 Å². The number of aryl methyl sites for hydroxylation is 1. The molecule has 2 aromatic carbocycles. The SMILES string of the molecule is COc1ccc(CNC(=O)[C@H]2CCCN(C(=O)c3cccnc3-c3ccc(C)cc3)C2)cc1. The Hall–Kier alpha value is -3.67. The first-order valence-corrected chi connectivity index (χ1v) is 11.3. The van der Waals surface area contributed by atoms with Crippen LogP contribution in [0.2, 0.25) is 0 Å². The van der Waals surface area contributed by atoms with Crippen LogP contribution < -0.4 is 10.1 Å². The van der Waals surface area contributed by atoms with Crippen LogP contribution in [0, 0.1) is 12.8 Å². The highest BCUT2D eigenvalue weighted by Gasteiger charge is 2.30. The number of ether oxygens (including phenoxy) is 1. The van der Waals surface area contributed by atoms with Crippen molar-refractivity contribution in [2.75, 3.05) is 20.2 Å². The summed E-state index contributed by atoms with van der Waals surface area (Å²) in [6.45, 7) is 3.54. The lowest BCUT2D eigenvalue weighted by molar-refractivity contribution is -0.126. The average Bonchev–Trinajstić information content (AvgIpc) is 2.87. The molecule has 0 bridgehead atoms. The molecule has 0 aliphatic carbocycles. The van der Waals surface area contributed by atoms with E-state index in [0.717, 1.165) is 35.3 Å². The topological polar surface area (TPSA) is 71.5 Å². The predicted molar refractivity (Wildman–Crippen MR) is 128 cm³/mol. The number of likely N-dealkylation sites (tertiary alicyclic amines) is 1. The van der Waals surface area contributed by atoms with E-state index in [9.17, 15) is 9.59 Å². The van der Waals surface area contributed by atoms with Crippen LogP contribution in [0.15, 0.2) is 66.9 Å². The summed E-state index contributed by atoms with van der Waals surface area (Å²) >= 11 is 0. The van der Waals surface area contributed by atoms with Gasteiger partial charge in [0.1, 0.15) is 5.75 Å². The third kappa shape index (κ3) is 5.40. The van der Waals surface area contributed by atoms with Gasteiger partial charge in [0.15, 0.2) is 0 Å². The molecule has 6 heteroatoms. The largest absolute Gasteiger partial charge is 0.497 e. The normalized spacial score (nSPS) is 15.7. The fraction of sp³-hybridized carbons (Fsp3) is 0.296. The van der Waals surface area contributed by atoms with Crippen molar-refractivity contribution in [3.8, 4) is 17.0 Å². The lowest BCUT2D eigenvalue weighted by Crippen LogP contribution is -2.45. The Balaban J connectivity index is 1.42. The third-order valence-corrected chi connectivity index (χ3v) is 6.07. The van der Waals surface area contributed by atoms with E-state index in [1.807, 2.05) is 61.5 Å². The van der Waals surface area contributed by atoms with Crippen LogP contribution in [0.3, 0.4) is 0 Å². The number of hydrogen-bond acceptors (Lipinski definition) is 4. The van der Waals surface area contributed by atoms with Crippen LogP contribution in [0.5, 0.6) is 5.75 Å². The van der Waals surface area contributed by atoms with Crippen molar-refractivity contribution in [2.24, 2.45) is 5.92 Å². The van der Waals surface area contributed by atoms with E-state index in [1.165, 1.54) is 0 Å². The summed E-state index contributed by atoms with van der Waals surface area (Å²) in [7, 11) is 1.63. The highest BCUT2D eigenvalue weighted by atomic mass is 16.5. The number of nitrogens with zero attached hydrogens (tertiary/aromatic N) is 2. The number of nitrogens with one attached hydrogen (secondary N) is 1. The zero-order valence-electron chi connectivity index (χ0n) is 19.1. The Kier molecular flexibility index (Phi) is 7.03. The van der Waals surface area contributed by atoms with Gasteiger partial charge >= 0.3 is 0 Å². The molecule has 1 atom stereocenters. The van der Waals surface area contributed by atoms with Gasteiger partial charge in [0, 0.05) is 31.4 Å². The summed E-state index contributed by atoms with van der Waals surface area (Å²) < 4.78 is 5.17. The minimum atomic E-state index is -0.222. The number of methoxy groups -OCH3 is 1. The number of carbonyl (C=O) groups is 2. The fourth-order valence-electron chi connectivity index (χ4n) is 4.14. The second-order valence-corrected chi connectivity index (χ2v) is 8.42. The van der Waals surface area contributed by atoms with Crippen molar-refractivity contribution in [2.45, 2.75) is 26.3 Å². The number of rotatable bonds is 6. The number of pyridine rings is 1. The first-order chi connectivity index (χ1) is 16.0. The molecule has 6 nitrogen and oxygen atoms in total. The molecule has 3 aromatic rings. The van der Waals surface area contributed by atoms with Gasteiger partial charge in [0.2, 0.25) is 5.91 Å². The molecule has 4 rings (SSSR count). The Labute approximate surface area is 194 Å². The molecule has 1 aliphatic rings. The summed E-state index contributed by atoms with van der Waals surface area (Å²) in [4.78, 5) is 32.5. The summed E-state index contributed by atoms with van der Waals surface area (Å²) in [5, 5.41) is 3.02. The van der Waals surface area contributed by atoms with E-state index in [2.05, 4.69) is 10.3 Å². The zero-order valence-corrected chi connectivity index (χ0v) is 19.1. The molecule has 170 valence electrons. The maximum atomic E-state index is 13.4. The Morgan fingerprint density at radius 2 is 1.85 bits per heavy atom. The molecule has 0 unspecified atom stereocenters. The van der Waals surface area contributed by atoms with Gasteiger partial charge in [-0.3, -0.25) is 14.6 Å². The molecular formula is C27H29N3O3. The first kappa shape index (κ1) is 22.5. The second kappa shape index (κ2) is 10.3. The number of amides is 2. The van der Waals surface area contributed by atoms with Crippen LogP contribution in [0.4, 0.5) is 0 Å². The summed E-state index contributed by atoms with van der Waals surface area (Å²) in [5.74, 6) is 0.465. The van der Waals surface area contributed by atoms with Crippen LogP contribution >= 0.6 is 0 Å². The maximum Gasteiger partial charge on any atom is 0.256 e. The van der Waals surface area contributed by atoms with Crippen LogP contribution in [0.25, 0.3) is 11.3 Å². The predicted octanol–water partition coefficient (Wildman–Crippen LogP) is 4.23. The minimum Gasteiger partial charge on any atom is -0.497 e. The van der Waals surface area contributed by atoms with Crippen molar-refractivity contribution in [1.29, 1.82) is 0 Å². The molecule has 1 aromatic heterocycles. The lowest BCUT2D eigenvalue weighted by Gasteiger charge is -2.32. The van der Waals surface area contributed by atoms with Crippen LogP contribution in [-0.2, 0) is 11.3 Å². The smallest absolute Gasteiger partial charge is 0.256 e. The number of carbonyl (C=O) groups excluding carboxylic acids is 2. The quantitative estimate of drug-likeness (QED) is 0.619.